The second kappa shape index (κ2) is 5.74. The third-order valence-corrected chi connectivity index (χ3v) is 4.42. The van der Waals surface area contributed by atoms with E-state index in [2.05, 4.69) is 0 Å². The summed E-state index contributed by atoms with van der Waals surface area (Å²) in [6.45, 7) is 3.15. The van der Waals surface area contributed by atoms with Gasteiger partial charge in [0.2, 0.25) is 0 Å². The first kappa shape index (κ1) is 19.8. The Hall–Kier alpha value is -1.54. The van der Waals surface area contributed by atoms with E-state index in [1.807, 2.05) is 0 Å². The highest BCUT2D eigenvalue weighted by Gasteiger charge is 2.85. The van der Waals surface area contributed by atoms with Crippen molar-refractivity contribution in [3.8, 4) is 0 Å². The van der Waals surface area contributed by atoms with Crippen LogP contribution < -0.4 is 5.73 Å². The van der Waals surface area contributed by atoms with E-state index in [9.17, 15) is 35.1 Å². The van der Waals surface area contributed by atoms with Crippen molar-refractivity contribution in [1.29, 1.82) is 0 Å². The van der Waals surface area contributed by atoms with E-state index >= 15 is 0 Å². The molecule has 0 aliphatic heterocycles. The average Bonchev–Trinajstić information content (AvgIpc) is 2.49. The fourth-order valence-electron chi connectivity index (χ4n) is 3.13. The van der Waals surface area contributed by atoms with Crippen LogP contribution in [0.15, 0.2) is 6.07 Å². The summed E-state index contributed by atoms with van der Waals surface area (Å²) in [6, 6.07) is 0.421. The van der Waals surface area contributed by atoms with Crippen LogP contribution in [0.3, 0.4) is 0 Å². The molecule has 0 fully saturated rings. The summed E-state index contributed by atoms with van der Waals surface area (Å²) in [4.78, 5) is 0. The number of nitrogen functional groups attached to an aromatic ring is 1. The Bertz CT molecular complexity index is 681. The lowest BCUT2D eigenvalue weighted by Gasteiger charge is -2.44. The van der Waals surface area contributed by atoms with Crippen molar-refractivity contribution in [3.05, 3.63) is 28.3 Å². The summed E-state index contributed by atoms with van der Waals surface area (Å²) in [5, 5.41) is 0. The Morgan fingerprint density at radius 3 is 1.76 bits per heavy atom. The van der Waals surface area contributed by atoms with Gasteiger partial charge in [-0.05, 0) is 30.0 Å². The maximum atomic E-state index is 14.3. The smallest absolute Gasteiger partial charge is 0.382 e. The molecule has 0 heterocycles. The summed E-state index contributed by atoms with van der Waals surface area (Å²) in [7, 11) is 0. The molecule has 1 aromatic rings. The molecular formula is C16H17F8N. The molecule has 25 heavy (non-hydrogen) atoms. The third kappa shape index (κ3) is 2.33. The van der Waals surface area contributed by atoms with Gasteiger partial charge in [0.1, 0.15) is 0 Å². The van der Waals surface area contributed by atoms with Gasteiger partial charge in [-0.1, -0.05) is 26.7 Å². The largest absolute Gasteiger partial charge is 0.398 e. The molecule has 1 nitrogen and oxygen atoms in total. The Morgan fingerprint density at radius 1 is 0.800 bits per heavy atom. The number of aryl methyl sites for hydroxylation is 1. The van der Waals surface area contributed by atoms with E-state index in [-0.39, 0.29) is 30.5 Å². The van der Waals surface area contributed by atoms with Crippen LogP contribution in [-0.2, 0) is 24.7 Å². The number of anilines is 1. The molecular weight excluding hydrogens is 358 g/mol. The minimum absolute atomic E-state index is 0.0267. The first-order valence-corrected chi connectivity index (χ1v) is 7.75. The molecule has 1 aliphatic carbocycles. The number of nitrogens with two attached hydrogens (primary N) is 1. The topological polar surface area (TPSA) is 26.0 Å². The lowest BCUT2D eigenvalue weighted by Crippen LogP contribution is -2.64. The predicted molar refractivity (Wildman–Crippen MR) is 76.5 cm³/mol. The minimum Gasteiger partial charge on any atom is -0.398 e. The molecule has 1 aliphatic rings. The zero-order valence-corrected chi connectivity index (χ0v) is 13.5. The standard InChI is InChI=1S/C16H17F8N/c1-3-5-8-7-10-11(9(6-4-2)12(8)25)14(19,20)16(23,24)15(21,22)13(10,17)18/h7H,3-6,25H2,1-2H3. The van der Waals surface area contributed by atoms with Crippen molar-refractivity contribution < 1.29 is 35.1 Å². The molecule has 0 saturated heterocycles. The van der Waals surface area contributed by atoms with Crippen molar-refractivity contribution >= 4 is 5.69 Å². The monoisotopic (exact) mass is 375 g/mol. The fourth-order valence-corrected chi connectivity index (χ4v) is 3.13. The SMILES string of the molecule is CCCc1cc2c(c(CCC)c1N)C(F)(F)C(F)(F)C(F)(F)C2(F)F. The normalized spacial score (nSPS) is 22.5. The zero-order chi connectivity index (χ0) is 19.4. The lowest BCUT2D eigenvalue weighted by atomic mass is 9.75. The number of fused-ring (bicyclic) bond motifs is 1. The summed E-state index contributed by atoms with van der Waals surface area (Å²) >= 11 is 0. The van der Waals surface area contributed by atoms with Gasteiger partial charge in [-0.25, -0.2) is 0 Å². The van der Waals surface area contributed by atoms with Crippen LogP contribution in [-0.4, -0.2) is 11.8 Å². The Kier molecular flexibility index (Phi) is 4.54. The van der Waals surface area contributed by atoms with Crippen LogP contribution in [0.4, 0.5) is 40.8 Å². The van der Waals surface area contributed by atoms with E-state index in [0.717, 1.165) is 0 Å². The highest BCUT2D eigenvalue weighted by Crippen LogP contribution is 2.65. The third-order valence-electron chi connectivity index (χ3n) is 4.42. The molecule has 0 saturated carbocycles. The molecule has 0 radical (unpaired) electrons. The minimum atomic E-state index is -6.25. The number of hydrogen-bond donors (Lipinski definition) is 1. The van der Waals surface area contributed by atoms with E-state index in [4.69, 9.17) is 5.73 Å². The predicted octanol–water partition coefficient (Wildman–Crippen LogP) is 5.64. The van der Waals surface area contributed by atoms with Crippen molar-refractivity contribution in [2.24, 2.45) is 0 Å². The van der Waals surface area contributed by atoms with Crippen LogP contribution in [0.5, 0.6) is 0 Å². The van der Waals surface area contributed by atoms with Gasteiger partial charge in [0.05, 0.1) is 0 Å². The van der Waals surface area contributed by atoms with E-state index in [1.165, 1.54) is 6.92 Å². The van der Waals surface area contributed by atoms with Gasteiger partial charge in [0.25, 0.3) is 0 Å². The van der Waals surface area contributed by atoms with Crippen molar-refractivity contribution in [2.75, 3.05) is 5.73 Å². The first-order chi connectivity index (χ1) is 11.3. The summed E-state index contributed by atoms with van der Waals surface area (Å²) < 4.78 is 112. The second-order valence-corrected chi connectivity index (χ2v) is 6.15. The van der Waals surface area contributed by atoms with E-state index in [1.54, 1.807) is 6.92 Å². The van der Waals surface area contributed by atoms with Crippen molar-refractivity contribution in [2.45, 2.75) is 63.2 Å². The molecule has 0 amide bonds. The molecule has 0 atom stereocenters. The Labute approximate surface area is 139 Å². The number of halogens is 8. The summed E-state index contributed by atoms with van der Waals surface area (Å²) in [5.74, 6) is -23.4. The average molecular weight is 375 g/mol. The van der Waals surface area contributed by atoms with Crippen LogP contribution in [0.25, 0.3) is 0 Å². The number of benzene rings is 1. The van der Waals surface area contributed by atoms with Gasteiger partial charge >= 0.3 is 23.7 Å². The first-order valence-electron chi connectivity index (χ1n) is 7.75. The van der Waals surface area contributed by atoms with Crippen molar-refractivity contribution in [1.82, 2.24) is 0 Å². The molecule has 0 bridgehead atoms. The Balaban J connectivity index is 2.98. The molecule has 2 rings (SSSR count). The maximum Gasteiger partial charge on any atom is 0.382 e. The maximum absolute atomic E-state index is 14.3. The molecule has 2 N–H and O–H groups in total. The summed E-state index contributed by atoms with van der Waals surface area (Å²) in [6.07, 6.45) is 0.275. The van der Waals surface area contributed by atoms with Crippen LogP contribution in [0.1, 0.15) is 48.9 Å². The Morgan fingerprint density at radius 2 is 1.28 bits per heavy atom. The molecule has 142 valence electrons. The quantitative estimate of drug-likeness (QED) is 0.535. The molecule has 0 unspecified atom stereocenters. The molecule has 9 heteroatoms. The molecule has 1 aromatic carbocycles. The second-order valence-electron chi connectivity index (χ2n) is 6.15. The zero-order valence-electron chi connectivity index (χ0n) is 13.5. The lowest BCUT2D eigenvalue weighted by molar-refractivity contribution is -0.386. The summed E-state index contributed by atoms with van der Waals surface area (Å²) in [5.41, 5.74) is 1.24. The number of hydrogen-bond acceptors (Lipinski definition) is 1. The molecule has 0 aromatic heterocycles. The van der Waals surface area contributed by atoms with E-state index < -0.39 is 40.4 Å². The van der Waals surface area contributed by atoms with Gasteiger partial charge in [-0.2, -0.15) is 35.1 Å². The number of rotatable bonds is 4. The highest BCUT2D eigenvalue weighted by atomic mass is 19.4. The van der Waals surface area contributed by atoms with Gasteiger partial charge in [0.15, 0.2) is 0 Å². The van der Waals surface area contributed by atoms with Crippen LogP contribution in [0.2, 0.25) is 0 Å². The highest BCUT2D eigenvalue weighted by molar-refractivity contribution is 5.64. The van der Waals surface area contributed by atoms with Crippen molar-refractivity contribution in [3.63, 3.8) is 0 Å². The molecule has 0 spiro atoms. The number of alkyl halides is 8. The fraction of sp³-hybridized carbons (Fsp3) is 0.625. The van der Waals surface area contributed by atoms with Gasteiger partial charge < -0.3 is 5.73 Å². The van der Waals surface area contributed by atoms with Gasteiger partial charge in [-0.3, -0.25) is 0 Å². The van der Waals surface area contributed by atoms with Gasteiger partial charge in [0, 0.05) is 16.8 Å². The van der Waals surface area contributed by atoms with Crippen LogP contribution >= 0.6 is 0 Å². The van der Waals surface area contributed by atoms with E-state index in [0.29, 0.717) is 12.5 Å². The van der Waals surface area contributed by atoms with Gasteiger partial charge in [-0.15, -0.1) is 0 Å². The van der Waals surface area contributed by atoms with Crippen LogP contribution in [0, 0.1) is 0 Å².